The summed E-state index contributed by atoms with van der Waals surface area (Å²) in [6.07, 6.45) is 2.44. The normalized spacial score (nSPS) is 29.8. The summed E-state index contributed by atoms with van der Waals surface area (Å²) in [5, 5.41) is 20.1. The van der Waals surface area contributed by atoms with Crippen LogP contribution < -0.4 is 5.32 Å². The predicted octanol–water partition coefficient (Wildman–Crippen LogP) is 1.24. The lowest BCUT2D eigenvalue weighted by Gasteiger charge is -2.20. The molecule has 2 N–H and O–H groups in total. The number of carboxylic acid groups (broad SMARTS) is 1. The molecule has 21 heavy (non-hydrogen) atoms. The van der Waals surface area contributed by atoms with E-state index in [1.807, 2.05) is 6.92 Å². The quantitative estimate of drug-likeness (QED) is 0.476. The number of aromatic nitrogens is 2. The van der Waals surface area contributed by atoms with Crippen molar-refractivity contribution in [1.29, 1.82) is 0 Å². The Morgan fingerprint density at radius 1 is 1.38 bits per heavy atom. The lowest BCUT2D eigenvalue weighted by molar-refractivity contribution is -0.145. The van der Waals surface area contributed by atoms with Crippen LogP contribution in [0.25, 0.3) is 0 Å². The van der Waals surface area contributed by atoms with Gasteiger partial charge in [0.05, 0.1) is 18.1 Å². The third kappa shape index (κ3) is 2.68. The molecule has 0 aliphatic carbocycles. The minimum atomic E-state index is -1.02. The van der Waals surface area contributed by atoms with E-state index >= 15 is 0 Å². The van der Waals surface area contributed by atoms with Crippen molar-refractivity contribution in [2.24, 2.45) is 11.8 Å². The monoisotopic (exact) mass is 327 g/mol. The molecule has 2 bridgehead atoms. The number of carboxylic acids is 1. The van der Waals surface area contributed by atoms with E-state index in [1.54, 1.807) is 12.2 Å². The Morgan fingerprint density at radius 2 is 2.10 bits per heavy atom. The second-order valence-corrected chi connectivity index (χ2v) is 7.12. The lowest BCUT2D eigenvalue weighted by Crippen LogP contribution is -2.39. The van der Waals surface area contributed by atoms with E-state index in [9.17, 15) is 14.7 Å². The van der Waals surface area contributed by atoms with Crippen LogP contribution in [0.1, 0.15) is 6.92 Å². The number of hydrogen-bond donors (Lipinski definition) is 2. The molecule has 0 radical (unpaired) electrons. The first-order valence-corrected chi connectivity index (χ1v) is 8.24. The minimum absolute atomic E-state index is 0.381. The summed E-state index contributed by atoms with van der Waals surface area (Å²) >= 11 is 2.81. The molecular formula is C12H13N3O4S2. The summed E-state index contributed by atoms with van der Waals surface area (Å²) in [5.41, 5.74) is 0. The van der Waals surface area contributed by atoms with E-state index in [1.165, 1.54) is 23.1 Å². The van der Waals surface area contributed by atoms with Crippen LogP contribution >= 0.6 is 23.1 Å². The molecule has 2 aliphatic heterocycles. The number of thioether (sulfide) groups is 1. The Hall–Kier alpha value is -1.45. The Kier molecular flexibility index (Phi) is 3.96. The first kappa shape index (κ1) is 14.5. The number of anilines is 1. The van der Waals surface area contributed by atoms with Gasteiger partial charge in [0.2, 0.25) is 11.0 Å². The van der Waals surface area contributed by atoms with Gasteiger partial charge in [-0.2, -0.15) is 0 Å². The maximum Gasteiger partial charge on any atom is 0.310 e. The Morgan fingerprint density at radius 3 is 2.76 bits per heavy atom. The van der Waals surface area contributed by atoms with Crippen molar-refractivity contribution >= 4 is 40.1 Å². The molecule has 0 saturated carbocycles. The predicted molar refractivity (Wildman–Crippen MR) is 77.4 cm³/mol. The smallest absolute Gasteiger partial charge is 0.310 e. The highest BCUT2D eigenvalue weighted by molar-refractivity contribution is 8.01. The zero-order valence-electron chi connectivity index (χ0n) is 11.1. The zero-order valence-corrected chi connectivity index (χ0v) is 12.7. The van der Waals surface area contributed by atoms with Crippen LogP contribution in [0.2, 0.25) is 0 Å². The Labute approximate surface area is 128 Å². The standard InChI is InChI=1S/C12H13N3O4S2/c1-2-20-12-15-14-11(21-12)13-9(16)7-5-3-4-6(19-5)8(7)10(17)18/h3-8H,2H2,1H3,(H,17,18)(H,13,14,16)/t5-,6+,7-,8+/m1/s1. The van der Waals surface area contributed by atoms with Crippen LogP contribution in [0.4, 0.5) is 5.13 Å². The van der Waals surface area contributed by atoms with E-state index in [2.05, 4.69) is 15.5 Å². The molecule has 7 nitrogen and oxygen atoms in total. The van der Waals surface area contributed by atoms with E-state index in [0.717, 1.165) is 10.1 Å². The van der Waals surface area contributed by atoms with Gasteiger partial charge in [-0.25, -0.2) is 0 Å². The number of hydrogen-bond acceptors (Lipinski definition) is 7. The molecule has 1 fully saturated rings. The largest absolute Gasteiger partial charge is 0.481 e. The minimum Gasteiger partial charge on any atom is -0.481 e. The molecule has 2 aliphatic rings. The molecule has 1 amide bonds. The summed E-state index contributed by atoms with van der Waals surface area (Å²) in [6, 6.07) is 0. The summed E-state index contributed by atoms with van der Waals surface area (Å²) < 4.78 is 6.24. The topological polar surface area (TPSA) is 101 Å². The zero-order chi connectivity index (χ0) is 15.0. The fourth-order valence-electron chi connectivity index (χ4n) is 2.55. The van der Waals surface area contributed by atoms with Gasteiger partial charge in [-0.15, -0.1) is 10.2 Å². The number of nitrogens with zero attached hydrogens (tertiary/aromatic N) is 2. The molecule has 3 rings (SSSR count). The van der Waals surface area contributed by atoms with Gasteiger partial charge in [-0.3, -0.25) is 9.59 Å². The first-order chi connectivity index (χ1) is 10.1. The molecule has 4 atom stereocenters. The van der Waals surface area contributed by atoms with Crippen molar-refractivity contribution in [2.45, 2.75) is 23.5 Å². The van der Waals surface area contributed by atoms with Crippen LogP contribution in [0.15, 0.2) is 16.5 Å². The maximum absolute atomic E-state index is 12.3. The fourth-order valence-corrected chi connectivity index (χ4v) is 4.20. The number of carbonyl (C=O) groups is 2. The van der Waals surface area contributed by atoms with Gasteiger partial charge >= 0.3 is 5.97 Å². The average molecular weight is 327 g/mol. The van der Waals surface area contributed by atoms with Gasteiger partial charge in [0.25, 0.3) is 0 Å². The number of nitrogens with one attached hydrogen (secondary N) is 1. The van der Waals surface area contributed by atoms with E-state index in [4.69, 9.17) is 4.74 Å². The molecule has 0 aromatic carbocycles. The third-order valence-corrected chi connectivity index (χ3v) is 5.25. The number of amides is 1. The van der Waals surface area contributed by atoms with Gasteiger partial charge in [0.15, 0.2) is 4.34 Å². The number of rotatable bonds is 5. The third-order valence-electron chi connectivity index (χ3n) is 3.39. The second kappa shape index (κ2) is 5.74. The molecule has 3 heterocycles. The number of ether oxygens (including phenoxy) is 1. The van der Waals surface area contributed by atoms with Crippen molar-refractivity contribution in [3.8, 4) is 0 Å². The van der Waals surface area contributed by atoms with Gasteiger partial charge in [-0.1, -0.05) is 42.2 Å². The fraction of sp³-hybridized carbons (Fsp3) is 0.500. The summed E-state index contributed by atoms with van der Waals surface area (Å²) in [7, 11) is 0. The van der Waals surface area contributed by atoms with Gasteiger partial charge in [0.1, 0.15) is 5.92 Å². The van der Waals surface area contributed by atoms with Crippen molar-refractivity contribution in [1.82, 2.24) is 10.2 Å². The van der Waals surface area contributed by atoms with Gasteiger partial charge in [0, 0.05) is 0 Å². The number of carbonyl (C=O) groups excluding carboxylic acids is 1. The van der Waals surface area contributed by atoms with Crippen LogP contribution in [-0.2, 0) is 14.3 Å². The van der Waals surface area contributed by atoms with Gasteiger partial charge in [-0.05, 0) is 5.75 Å². The average Bonchev–Trinajstić information content (AvgIpc) is 3.13. The van der Waals surface area contributed by atoms with E-state index in [0.29, 0.717) is 5.13 Å². The molecule has 1 aromatic rings. The molecule has 9 heteroatoms. The van der Waals surface area contributed by atoms with Crippen LogP contribution in [0.5, 0.6) is 0 Å². The van der Waals surface area contributed by atoms with Crippen LogP contribution in [0, 0.1) is 11.8 Å². The summed E-state index contributed by atoms with van der Waals surface area (Å²) in [4.78, 5) is 23.7. The van der Waals surface area contributed by atoms with E-state index < -0.39 is 30.0 Å². The summed E-state index contributed by atoms with van der Waals surface area (Å²) in [5.74, 6) is -2.12. The van der Waals surface area contributed by atoms with Crippen molar-refractivity contribution in [3.63, 3.8) is 0 Å². The number of fused-ring (bicyclic) bond motifs is 2. The van der Waals surface area contributed by atoms with Crippen LogP contribution in [-0.4, -0.2) is 45.1 Å². The highest BCUT2D eigenvalue weighted by atomic mass is 32.2. The maximum atomic E-state index is 12.3. The molecule has 112 valence electrons. The van der Waals surface area contributed by atoms with Gasteiger partial charge < -0.3 is 15.2 Å². The second-order valence-electron chi connectivity index (χ2n) is 4.64. The first-order valence-electron chi connectivity index (χ1n) is 6.44. The Balaban J connectivity index is 1.72. The molecule has 1 saturated heterocycles. The highest BCUT2D eigenvalue weighted by Crippen LogP contribution is 2.40. The SMILES string of the molecule is CCSc1nnc(NC(=O)[C@H]2[C@@H](C(=O)O)[C@@H]3C=C[C@H]2O3)s1. The highest BCUT2D eigenvalue weighted by Gasteiger charge is 2.53. The molecule has 1 aromatic heterocycles. The Bertz CT molecular complexity index is 603. The van der Waals surface area contributed by atoms with E-state index in [-0.39, 0.29) is 5.91 Å². The van der Waals surface area contributed by atoms with Crippen LogP contribution in [0.3, 0.4) is 0 Å². The summed E-state index contributed by atoms with van der Waals surface area (Å²) in [6.45, 7) is 2.00. The lowest BCUT2D eigenvalue weighted by atomic mass is 9.82. The molecule has 0 unspecified atom stereocenters. The van der Waals surface area contributed by atoms with Crippen molar-refractivity contribution in [2.75, 3.05) is 11.1 Å². The molecular weight excluding hydrogens is 314 g/mol. The van der Waals surface area contributed by atoms with Crippen molar-refractivity contribution < 1.29 is 19.4 Å². The van der Waals surface area contributed by atoms with Crippen molar-refractivity contribution in [3.05, 3.63) is 12.2 Å². The molecule has 0 spiro atoms. The number of aliphatic carboxylic acids is 1.